The highest BCUT2D eigenvalue weighted by atomic mass is 16.7. The summed E-state index contributed by atoms with van der Waals surface area (Å²) in [4.78, 5) is 0. The number of benzene rings is 1. The fraction of sp³-hybridized carbons (Fsp3) is 0.676. The minimum Gasteiger partial charge on any atom is -0.385 e. The largest absolute Gasteiger partial charge is 0.385 e. The van der Waals surface area contributed by atoms with Crippen LogP contribution >= 0.6 is 0 Å². The van der Waals surface area contributed by atoms with Crippen molar-refractivity contribution in [3.05, 3.63) is 52.6 Å². The molecule has 1 saturated heterocycles. The SMILES string of the molecule is CCC1CCC2C3CCC4(O)CC5(CCC4=C3C(c3ccc(C=CC#N)cc3)CC12C)OCC(C)(C)CO5. The van der Waals surface area contributed by atoms with E-state index in [0.29, 0.717) is 42.8 Å². The molecule has 4 aliphatic carbocycles. The van der Waals surface area contributed by atoms with Gasteiger partial charge >= 0.3 is 0 Å². The number of hydrogen-bond donors (Lipinski definition) is 1. The second kappa shape index (κ2) is 9.33. The molecule has 6 rings (SSSR count). The van der Waals surface area contributed by atoms with Gasteiger partial charge in [0, 0.05) is 30.3 Å². The topological polar surface area (TPSA) is 62.5 Å². The molecule has 1 N–H and O–H groups in total. The van der Waals surface area contributed by atoms with E-state index in [9.17, 15) is 5.11 Å². The maximum absolute atomic E-state index is 12.3. The predicted molar refractivity (Wildman–Crippen MR) is 150 cm³/mol. The van der Waals surface area contributed by atoms with Gasteiger partial charge < -0.3 is 14.6 Å². The molecule has 204 valence electrons. The quantitative estimate of drug-likeness (QED) is 0.334. The van der Waals surface area contributed by atoms with Crippen molar-refractivity contribution in [2.45, 2.75) is 103 Å². The van der Waals surface area contributed by atoms with Crippen LogP contribution < -0.4 is 0 Å². The average Bonchev–Trinajstić information content (AvgIpc) is 3.24. The summed E-state index contributed by atoms with van der Waals surface area (Å²) in [6.45, 7) is 10.7. The number of ether oxygens (including phenoxy) is 2. The summed E-state index contributed by atoms with van der Waals surface area (Å²) in [6, 6.07) is 11.0. The third-order valence-electron chi connectivity index (χ3n) is 11.2. The number of fused-ring (bicyclic) bond motifs is 4. The zero-order chi connectivity index (χ0) is 26.8. The maximum Gasteiger partial charge on any atom is 0.171 e. The van der Waals surface area contributed by atoms with Crippen LogP contribution in [-0.4, -0.2) is 29.7 Å². The molecular formula is C34H45NO3. The van der Waals surface area contributed by atoms with Gasteiger partial charge in [-0.1, -0.05) is 64.0 Å². The Balaban J connectivity index is 1.40. The molecule has 0 aromatic heterocycles. The van der Waals surface area contributed by atoms with Gasteiger partial charge in [-0.05, 0) is 84.5 Å². The number of rotatable bonds is 3. The molecule has 1 heterocycles. The second-order valence-electron chi connectivity index (χ2n) is 14.1. The lowest BCUT2D eigenvalue weighted by atomic mass is 9.50. The highest BCUT2D eigenvalue weighted by Crippen LogP contribution is 2.67. The number of hydrogen-bond acceptors (Lipinski definition) is 4. The van der Waals surface area contributed by atoms with Gasteiger partial charge in [0.15, 0.2) is 5.79 Å². The molecule has 6 unspecified atom stereocenters. The van der Waals surface area contributed by atoms with Crippen molar-refractivity contribution in [1.29, 1.82) is 5.26 Å². The van der Waals surface area contributed by atoms with Crippen LogP contribution in [0.5, 0.6) is 0 Å². The smallest absolute Gasteiger partial charge is 0.171 e. The van der Waals surface area contributed by atoms with Gasteiger partial charge in [-0.2, -0.15) is 5.26 Å². The van der Waals surface area contributed by atoms with E-state index >= 15 is 0 Å². The molecule has 3 saturated carbocycles. The third kappa shape index (κ3) is 4.21. The van der Waals surface area contributed by atoms with E-state index in [-0.39, 0.29) is 5.41 Å². The molecular weight excluding hydrogens is 470 g/mol. The molecule has 5 aliphatic rings. The molecule has 0 radical (unpaired) electrons. The van der Waals surface area contributed by atoms with Gasteiger partial charge in [-0.15, -0.1) is 0 Å². The predicted octanol–water partition coefficient (Wildman–Crippen LogP) is 7.54. The Kier molecular flexibility index (Phi) is 6.45. The van der Waals surface area contributed by atoms with Gasteiger partial charge in [0.25, 0.3) is 0 Å². The molecule has 4 heteroatoms. The van der Waals surface area contributed by atoms with Crippen LogP contribution in [0.4, 0.5) is 0 Å². The molecule has 1 aliphatic heterocycles. The first-order chi connectivity index (χ1) is 18.1. The van der Waals surface area contributed by atoms with Crippen LogP contribution in [0.25, 0.3) is 6.08 Å². The van der Waals surface area contributed by atoms with E-state index in [0.717, 1.165) is 37.2 Å². The highest BCUT2D eigenvalue weighted by molar-refractivity contribution is 5.53. The summed E-state index contributed by atoms with van der Waals surface area (Å²) in [5.74, 6) is 1.75. The zero-order valence-corrected chi connectivity index (χ0v) is 23.8. The van der Waals surface area contributed by atoms with Gasteiger partial charge in [-0.3, -0.25) is 0 Å². The highest BCUT2D eigenvalue weighted by Gasteiger charge is 2.60. The Hall–Kier alpha value is -1.93. The Morgan fingerprint density at radius 1 is 1.05 bits per heavy atom. The Bertz CT molecular complexity index is 1160. The van der Waals surface area contributed by atoms with Crippen LogP contribution in [0.2, 0.25) is 0 Å². The fourth-order valence-corrected chi connectivity index (χ4v) is 9.30. The van der Waals surface area contributed by atoms with E-state index in [4.69, 9.17) is 14.7 Å². The van der Waals surface area contributed by atoms with Gasteiger partial charge in [0.2, 0.25) is 0 Å². The summed E-state index contributed by atoms with van der Waals surface area (Å²) in [7, 11) is 0. The van der Waals surface area contributed by atoms with E-state index < -0.39 is 11.4 Å². The molecule has 1 aromatic carbocycles. The van der Waals surface area contributed by atoms with E-state index in [2.05, 4.69) is 58.0 Å². The van der Waals surface area contributed by atoms with Crippen molar-refractivity contribution in [3.63, 3.8) is 0 Å². The van der Waals surface area contributed by atoms with Crippen molar-refractivity contribution in [3.8, 4) is 6.07 Å². The summed E-state index contributed by atoms with van der Waals surface area (Å²) >= 11 is 0. The number of allylic oxidation sites excluding steroid dienone is 2. The Morgan fingerprint density at radius 3 is 2.47 bits per heavy atom. The van der Waals surface area contributed by atoms with Crippen molar-refractivity contribution in [1.82, 2.24) is 0 Å². The lowest BCUT2D eigenvalue weighted by Crippen LogP contribution is -2.57. The first-order valence-electron chi connectivity index (χ1n) is 15.0. The van der Waals surface area contributed by atoms with E-state index in [1.807, 2.05) is 6.08 Å². The Labute approximate surface area is 229 Å². The van der Waals surface area contributed by atoms with Crippen molar-refractivity contribution in [2.75, 3.05) is 13.2 Å². The monoisotopic (exact) mass is 515 g/mol. The standard InChI is InChI=1S/C34H45NO3/c1-5-25-12-13-28-26-14-16-33(36)20-34(37-21-31(2,3)22-38-34)17-15-29(33)30(26)27(19-32(25,28)4)24-10-8-23(9-11-24)7-6-18-35/h6-11,25-28,36H,5,12-17,19-22H2,1-4H3. The summed E-state index contributed by atoms with van der Waals surface area (Å²) in [6.07, 6.45) is 12.7. The van der Waals surface area contributed by atoms with Crippen LogP contribution in [0.3, 0.4) is 0 Å². The molecule has 38 heavy (non-hydrogen) atoms. The summed E-state index contributed by atoms with van der Waals surface area (Å²) in [5.41, 5.74) is 4.84. The minimum absolute atomic E-state index is 0.0239. The molecule has 4 fully saturated rings. The average molecular weight is 516 g/mol. The van der Waals surface area contributed by atoms with Crippen LogP contribution in [0.15, 0.2) is 41.5 Å². The van der Waals surface area contributed by atoms with Gasteiger partial charge in [0.1, 0.15) is 0 Å². The summed E-state index contributed by atoms with van der Waals surface area (Å²) in [5, 5.41) is 21.3. The van der Waals surface area contributed by atoms with Gasteiger partial charge in [-0.25, -0.2) is 0 Å². The number of nitriles is 1. The van der Waals surface area contributed by atoms with Crippen LogP contribution in [-0.2, 0) is 9.47 Å². The minimum atomic E-state index is -0.838. The molecule has 4 nitrogen and oxygen atoms in total. The van der Waals surface area contributed by atoms with E-state index in [1.54, 1.807) is 11.6 Å². The van der Waals surface area contributed by atoms with E-state index in [1.165, 1.54) is 36.8 Å². The number of aliphatic hydroxyl groups is 1. The maximum atomic E-state index is 12.3. The lowest BCUT2D eigenvalue weighted by molar-refractivity contribution is -0.322. The molecule has 1 aromatic rings. The Morgan fingerprint density at radius 2 is 1.79 bits per heavy atom. The van der Waals surface area contributed by atoms with Crippen molar-refractivity contribution in [2.24, 2.45) is 28.6 Å². The van der Waals surface area contributed by atoms with Gasteiger partial charge in [0.05, 0.1) is 24.9 Å². The first kappa shape index (κ1) is 26.3. The third-order valence-corrected chi connectivity index (χ3v) is 11.2. The first-order valence-corrected chi connectivity index (χ1v) is 15.0. The molecule has 0 bridgehead atoms. The molecule has 1 spiro atoms. The zero-order valence-electron chi connectivity index (χ0n) is 23.8. The van der Waals surface area contributed by atoms with Crippen molar-refractivity contribution < 1.29 is 14.6 Å². The number of nitrogens with zero attached hydrogens (tertiary/aromatic N) is 1. The summed E-state index contributed by atoms with van der Waals surface area (Å²) < 4.78 is 12.8. The fourth-order valence-electron chi connectivity index (χ4n) is 9.30. The lowest BCUT2D eigenvalue weighted by Gasteiger charge is -2.58. The molecule has 0 amide bonds. The normalized spacial score (nSPS) is 39.5. The van der Waals surface area contributed by atoms with Crippen molar-refractivity contribution >= 4 is 6.08 Å². The second-order valence-corrected chi connectivity index (χ2v) is 14.1. The van der Waals surface area contributed by atoms with Crippen LogP contribution in [0, 0.1) is 39.9 Å². The molecule has 6 atom stereocenters. The van der Waals surface area contributed by atoms with Crippen LogP contribution in [0.1, 0.15) is 103 Å².